The number of benzene rings is 1. The highest BCUT2D eigenvalue weighted by Crippen LogP contribution is 2.08. The summed E-state index contributed by atoms with van der Waals surface area (Å²) in [5.41, 5.74) is 7.61. The van der Waals surface area contributed by atoms with Crippen LogP contribution in [0.1, 0.15) is 11.3 Å². The fraction of sp³-hybridized carbons (Fsp3) is 0.375. The lowest BCUT2D eigenvalue weighted by Gasteiger charge is -2.20. The first-order chi connectivity index (χ1) is 10.7. The quantitative estimate of drug-likeness (QED) is 0.770. The van der Waals surface area contributed by atoms with Gasteiger partial charge >= 0.3 is 0 Å². The second-order valence-corrected chi connectivity index (χ2v) is 5.18. The molecule has 0 aliphatic carbocycles. The van der Waals surface area contributed by atoms with Crippen LogP contribution in [0, 0.1) is 6.92 Å². The number of anilines is 1. The molecule has 6 heteroatoms. The number of nitrogens with one attached hydrogen (secondary N) is 1. The molecule has 1 amide bonds. The lowest BCUT2D eigenvalue weighted by Crippen LogP contribution is -2.37. The van der Waals surface area contributed by atoms with Gasteiger partial charge in [0.15, 0.2) is 0 Å². The maximum absolute atomic E-state index is 12.0. The summed E-state index contributed by atoms with van der Waals surface area (Å²) in [6.07, 6.45) is 0.884. The molecule has 118 valence electrons. The summed E-state index contributed by atoms with van der Waals surface area (Å²) in [4.78, 5) is 14.1. The largest absolute Gasteiger partial charge is 0.338 e. The topological polar surface area (TPSA) is 84.4 Å². The van der Waals surface area contributed by atoms with Crippen LogP contribution in [-0.2, 0) is 11.2 Å². The summed E-state index contributed by atoms with van der Waals surface area (Å²) >= 11 is 0. The first-order valence-electron chi connectivity index (χ1n) is 7.37. The summed E-state index contributed by atoms with van der Waals surface area (Å²) in [6, 6.07) is 11.9. The summed E-state index contributed by atoms with van der Waals surface area (Å²) in [7, 11) is 0. The van der Waals surface area contributed by atoms with E-state index in [-0.39, 0.29) is 12.5 Å². The Morgan fingerprint density at radius 3 is 2.73 bits per heavy atom. The number of hydrogen-bond acceptors (Lipinski definition) is 5. The number of rotatable bonds is 8. The normalized spacial score (nSPS) is 10.9. The van der Waals surface area contributed by atoms with Gasteiger partial charge in [-0.1, -0.05) is 35.5 Å². The zero-order valence-corrected chi connectivity index (χ0v) is 12.8. The van der Waals surface area contributed by atoms with Crippen LogP contribution in [-0.4, -0.2) is 42.1 Å². The first kappa shape index (κ1) is 16.2. The zero-order chi connectivity index (χ0) is 15.8. The Bertz CT molecular complexity index is 583. The van der Waals surface area contributed by atoms with Gasteiger partial charge in [-0.05, 0) is 18.9 Å². The van der Waals surface area contributed by atoms with Crippen LogP contribution >= 0.6 is 0 Å². The Morgan fingerprint density at radius 2 is 2.09 bits per heavy atom. The van der Waals surface area contributed by atoms with Crippen molar-refractivity contribution in [3.05, 3.63) is 47.7 Å². The van der Waals surface area contributed by atoms with Crippen LogP contribution in [0.2, 0.25) is 0 Å². The molecule has 0 radical (unpaired) electrons. The lowest BCUT2D eigenvalue weighted by atomic mass is 10.1. The highest BCUT2D eigenvalue weighted by atomic mass is 16.5. The molecule has 0 atom stereocenters. The van der Waals surface area contributed by atoms with Crippen LogP contribution < -0.4 is 11.1 Å². The maximum Gasteiger partial charge on any atom is 0.240 e. The minimum absolute atomic E-state index is 0.127. The molecule has 0 spiro atoms. The molecule has 0 aliphatic rings. The van der Waals surface area contributed by atoms with Crippen molar-refractivity contribution >= 4 is 11.8 Å². The Labute approximate surface area is 130 Å². The zero-order valence-electron chi connectivity index (χ0n) is 12.8. The molecule has 22 heavy (non-hydrogen) atoms. The smallest absolute Gasteiger partial charge is 0.240 e. The van der Waals surface area contributed by atoms with Crippen LogP contribution in [0.25, 0.3) is 0 Å². The highest BCUT2D eigenvalue weighted by Gasteiger charge is 2.12. The molecule has 1 aromatic carbocycles. The molecule has 0 unspecified atom stereocenters. The second-order valence-electron chi connectivity index (χ2n) is 5.18. The standard InChI is InChI=1S/C16H22N4O2/c1-13-11-16(22-19-13)18-15(21)12-20(10-8-17)9-7-14-5-3-2-4-6-14/h2-6,11H,7-10,12,17H2,1H3,(H,18,21). The average molecular weight is 302 g/mol. The molecule has 1 aromatic heterocycles. The van der Waals surface area contributed by atoms with Crippen molar-refractivity contribution in [2.45, 2.75) is 13.3 Å². The van der Waals surface area contributed by atoms with Crippen LogP contribution in [0.4, 0.5) is 5.88 Å². The Hall–Kier alpha value is -2.18. The number of carbonyl (C=O) groups is 1. The molecule has 3 N–H and O–H groups in total. The predicted molar refractivity (Wildman–Crippen MR) is 85.5 cm³/mol. The van der Waals surface area contributed by atoms with Crippen molar-refractivity contribution in [3.63, 3.8) is 0 Å². The van der Waals surface area contributed by atoms with E-state index < -0.39 is 0 Å². The summed E-state index contributed by atoms with van der Waals surface area (Å²) < 4.78 is 4.98. The second kappa shape index (κ2) is 8.31. The van der Waals surface area contributed by atoms with E-state index in [1.54, 1.807) is 13.0 Å². The number of aryl methyl sites for hydroxylation is 1. The molecular weight excluding hydrogens is 280 g/mol. The van der Waals surface area contributed by atoms with Gasteiger partial charge in [-0.2, -0.15) is 0 Å². The van der Waals surface area contributed by atoms with Gasteiger partial charge in [0.1, 0.15) is 0 Å². The first-order valence-corrected chi connectivity index (χ1v) is 7.37. The number of carbonyl (C=O) groups excluding carboxylic acids is 1. The molecule has 1 heterocycles. The summed E-state index contributed by atoms with van der Waals surface area (Å²) in [5.74, 6) is 0.246. The van der Waals surface area contributed by atoms with Crippen molar-refractivity contribution in [2.24, 2.45) is 5.73 Å². The number of amides is 1. The van der Waals surface area contributed by atoms with Crippen LogP contribution in [0.5, 0.6) is 0 Å². The van der Waals surface area contributed by atoms with Crippen molar-refractivity contribution in [3.8, 4) is 0 Å². The molecule has 2 rings (SSSR count). The van der Waals surface area contributed by atoms with Crippen LogP contribution in [0.3, 0.4) is 0 Å². The van der Waals surface area contributed by atoms with Gasteiger partial charge in [-0.3, -0.25) is 15.0 Å². The third-order valence-corrected chi connectivity index (χ3v) is 3.26. The number of nitrogens with two attached hydrogens (primary N) is 1. The van der Waals surface area contributed by atoms with E-state index in [1.807, 2.05) is 23.1 Å². The van der Waals surface area contributed by atoms with Gasteiger partial charge < -0.3 is 10.3 Å². The molecule has 0 saturated heterocycles. The van der Waals surface area contributed by atoms with E-state index >= 15 is 0 Å². The fourth-order valence-corrected chi connectivity index (χ4v) is 2.19. The van der Waals surface area contributed by atoms with E-state index in [0.717, 1.165) is 18.7 Å². The maximum atomic E-state index is 12.0. The number of nitrogens with zero attached hydrogens (tertiary/aromatic N) is 2. The van der Waals surface area contributed by atoms with Crippen molar-refractivity contribution < 1.29 is 9.32 Å². The average Bonchev–Trinajstić information content (AvgIpc) is 2.91. The Morgan fingerprint density at radius 1 is 1.32 bits per heavy atom. The van der Waals surface area contributed by atoms with Crippen molar-refractivity contribution in [1.82, 2.24) is 10.1 Å². The summed E-state index contributed by atoms with van der Waals surface area (Å²) in [6.45, 7) is 4.06. The predicted octanol–water partition coefficient (Wildman–Crippen LogP) is 1.42. The lowest BCUT2D eigenvalue weighted by molar-refractivity contribution is -0.117. The Kier molecular flexibility index (Phi) is 6.12. The molecule has 2 aromatic rings. The van der Waals surface area contributed by atoms with Crippen molar-refractivity contribution in [1.29, 1.82) is 0 Å². The minimum Gasteiger partial charge on any atom is -0.338 e. The number of hydrogen-bond donors (Lipinski definition) is 2. The number of aromatic nitrogens is 1. The minimum atomic E-state index is -0.127. The SMILES string of the molecule is Cc1cc(NC(=O)CN(CCN)CCc2ccccc2)on1. The van der Waals surface area contributed by atoms with Gasteiger partial charge in [0.2, 0.25) is 11.8 Å². The van der Waals surface area contributed by atoms with Gasteiger partial charge in [0, 0.05) is 25.7 Å². The van der Waals surface area contributed by atoms with E-state index in [2.05, 4.69) is 22.6 Å². The van der Waals surface area contributed by atoms with Gasteiger partial charge in [0.25, 0.3) is 0 Å². The third-order valence-electron chi connectivity index (χ3n) is 3.26. The molecule has 6 nitrogen and oxygen atoms in total. The molecule has 0 fully saturated rings. The van der Waals surface area contributed by atoms with Crippen molar-refractivity contribution in [2.75, 3.05) is 31.5 Å². The van der Waals surface area contributed by atoms with Gasteiger partial charge in [0.05, 0.1) is 12.2 Å². The van der Waals surface area contributed by atoms with E-state index in [0.29, 0.717) is 19.0 Å². The fourth-order valence-electron chi connectivity index (χ4n) is 2.19. The molecule has 0 aliphatic heterocycles. The Balaban J connectivity index is 1.83. The van der Waals surface area contributed by atoms with Gasteiger partial charge in [-0.15, -0.1) is 0 Å². The monoisotopic (exact) mass is 302 g/mol. The molecule has 0 saturated carbocycles. The van der Waals surface area contributed by atoms with E-state index in [9.17, 15) is 4.79 Å². The highest BCUT2D eigenvalue weighted by molar-refractivity contribution is 5.90. The van der Waals surface area contributed by atoms with Gasteiger partial charge in [-0.25, -0.2) is 0 Å². The molecule has 0 bridgehead atoms. The third kappa shape index (κ3) is 5.31. The van der Waals surface area contributed by atoms with E-state index in [1.165, 1.54) is 5.56 Å². The molecular formula is C16H22N4O2. The van der Waals surface area contributed by atoms with E-state index in [4.69, 9.17) is 10.3 Å². The van der Waals surface area contributed by atoms with Crippen LogP contribution in [0.15, 0.2) is 40.9 Å². The summed E-state index contributed by atoms with van der Waals surface area (Å²) in [5, 5.41) is 6.44.